The first-order valence-electron chi connectivity index (χ1n) is 4.04. The van der Waals surface area contributed by atoms with Gasteiger partial charge in [-0.3, -0.25) is 0 Å². The summed E-state index contributed by atoms with van der Waals surface area (Å²) in [4.78, 5) is 0. The van der Waals surface area contributed by atoms with Crippen molar-refractivity contribution in [1.82, 2.24) is 0 Å². The van der Waals surface area contributed by atoms with Gasteiger partial charge in [0.05, 0.1) is 5.56 Å². The zero-order valence-corrected chi connectivity index (χ0v) is 9.00. The third kappa shape index (κ3) is 3.43. The molecule has 0 aromatic heterocycles. The summed E-state index contributed by atoms with van der Waals surface area (Å²) in [5, 5.41) is 0.0613. The molecule has 0 atom stereocenters. The van der Waals surface area contributed by atoms with Crippen molar-refractivity contribution < 1.29 is 13.2 Å². The maximum atomic E-state index is 12.3. The molecule has 0 unspecified atom stereocenters. The Labute approximate surface area is 95.3 Å². The van der Waals surface area contributed by atoms with Gasteiger partial charge in [0.15, 0.2) is 0 Å². The molecule has 1 aromatic carbocycles. The van der Waals surface area contributed by atoms with Crippen molar-refractivity contribution in [3.8, 4) is 0 Å². The maximum Gasteiger partial charge on any atom is 0.416 e. The van der Waals surface area contributed by atoms with E-state index in [1.807, 2.05) is 0 Å². The molecule has 0 fully saturated rings. The molecule has 1 aromatic rings. The van der Waals surface area contributed by atoms with Gasteiger partial charge in [0.1, 0.15) is 0 Å². The monoisotopic (exact) mass is 254 g/mol. The van der Waals surface area contributed by atoms with E-state index < -0.39 is 11.7 Å². The Morgan fingerprint density at radius 1 is 1.27 bits per heavy atom. The van der Waals surface area contributed by atoms with Crippen LogP contribution in [0.3, 0.4) is 0 Å². The summed E-state index contributed by atoms with van der Waals surface area (Å²) in [7, 11) is 0. The smallest absolute Gasteiger partial charge is 0.166 e. The molecular formula is C10H7Cl2F3. The Morgan fingerprint density at radius 2 is 1.93 bits per heavy atom. The van der Waals surface area contributed by atoms with Gasteiger partial charge < -0.3 is 0 Å². The quantitative estimate of drug-likeness (QED) is 0.677. The molecule has 0 radical (unpaired) electrons. The van der Waals surface area contributed by atoms with Gasteiger partial charge >= 0.3 is 6.18 Å². The van der Waals surface area contributed by atoms with Crippen molar-refractivity contribution in [2.75, 3.05) is 5.88 Å². The Kier molecular flexibility index (Phi) is 4.05. The van der Waals surface area contributed by atoms with E-state index in [1.54, 1.807) is 12.2 Å². The zero-order chi connectivity index (χ0) is 11.5. The van der Waals surface area contributed by atoms with Crippen molar-refractivity contribution >= 4 is 29.3 Å². The number of allylic oxidation sites excluding steroid dienone is 1. The van der Waals surface area contributed by atoms with Crippen molar-refractivity contribution in [3.05, 3.63) is 40.4 Å². The van der Waals surface area contributed by atoms with Crippen molar-refractivity contribution in [2.24, 2.45) is 0 Å². The number of hydrogen-bond donors (Lipinski definition) is 0. The second kappa shape index (κ2) is 4.90. The molecule has 0 saturated heterocycles. The van der Waals surface area contributed by atoms with Crippen LogP contribution in [0.25, 0.3) is 6.08 Å². The minimum Gasteiger partial charge on any atom is -0.166 e. The predicted octanol–water partition coefficient (Wildman–Crippen LogP) is 4.61. The maximum absolute atomic E-state index is 12.3. The number of alkyl halides is 4. The van der Waals surface area contributed by atoms with Crippen LogP contribution in [0, 0.1) is 0 Å². The normalized spacial score (nSPS) is 12.3. The van der Waals surface area contributed by atoms with E-state index in [1.165, 1.54) is 6.07 Å². The number of hydrogen-bond acceptors (Lipinski definition) is 0. The van der Waals surface area contributed by atoms with E-state index in [4.69, 9.17) is 23.2 Å². The van der Waals surface area contributed by atoms with Crippen LogP contribution in [0.15, 0.2) is 24.3 Å². The summed E-state index contributed by atoms with van der Waals surface area (Å²) >= 11 is 11.1. The number of rotatable bonds is 2. The predicted molar refractivity (Wildman–Crippen MR) is 56.2 cm³/mol. The van der Waals surface area contributed by atoms with Gasteiger partial charge in [0, 0.05) is 10.9 Å². The fourth-order valence-electron chi connectivity index (χ4n) is 1.01. The highest BCUT2D eigenvalue weighted by atomic mass is 35.5. The third-order valence-electron chi connectivity index (χ3n) is 1.71. The van der Waals surface area contributed by atoms with E-state index in [2.05, 4.69) is 0 Å². The molecule has 0 aliphatic rings. The van der Waals surface area contributed by atoms with Gasteiger partial charge in [-0.2, -0.15) is 13.2 Å². The molecule has 0 bridgehead atoms. The summed E-state index contributed by atoms with van der Waals surface area (Å²) in [6.07, 6.45) is -1.18. The van der Waals surface area contributed by atoms with Gasteiger partial charge in [-0.25, -0.2) is 0 Å². The van der Waals surface area contributed by atoms with E-state index in [-0.39, 0.29) is 10.9 Å². The van der Waals surface area contributed by atoms with Crippen LogP contribution in [0.1, 0.15) is 11.1 Å². The van der Waals surface area contributed by atoms with Crippen molar-refractivity contribution in [3.63, 3.8) is 0 Å². The van der Waals surface area contributed by atoms with Crippen LogP contribution < -0.4 is 0 Å². The zero-order valence-electron chi connectivity index (χ0n) is 7.48. The van der Waals surface area contributed by atoms with E-state index in [0.29, 0.717) is 5.56 Å². The van der Waals surface area contributed by atoms with E-state index >= 15 is 0 Å². The molecule has 0 nitrogen and oxygen atoms in total. The summed E-state index contributed by atoms with van der Waals surface area (Å²) in [5.41, 5.74) is -0.235. The minimum absolute atomic E-state index is 0.0613. The highest BCUT2D eigenvalue weighted by molar-refractivity contribution is 6.32. The van der Waals surface area contributed by atoms with Crippen molar-refractivity contribution in [2.45, 2.75) is 6.18 Å². The second-order valence-electron chi connectivity index (χ2n) is 2.79. The second-order valence-corrected chi connectivity index (χ2v) is 3.51. The molecule has 0 aliphatic carbocycles. The number of benzene rings is 1. The third-order valence-corrected chi connectivity index (χ3v) is 2.22. The Hall–Kier alpha value is -0.670. The average Bonchev–Trinajstić information content (AvgIpc) is 2.14. The molecule has 1 rings (SSSR count). The van der Waals surface area contributed by atoms with Crippen LogP contribution in [0.2, 0.25) is 5.02 Å². The standard InChI is InChI=1S/C10H7Cl2F3/c11-5-1-2-7-3-4-8(6-9(7)12)10(13,14)15/h1-4,6H,5H2. The highest BCUT2D eigenvalue weighted by Crippen LogP contribution is 2.32. The van der Waals surface area contributed by atoms with Gasteiger partial charge in [0.25, 0.3) is 0 Å². The molecule has 5 heteroatoms. The fraction of sp³-hybridized carbons (Fsp3) is 0.200. The highest BCUT2D eigenvalue weighted by Gasteiger charge is 2.30. The van der Waals surface area contributed by atoms with Gasteiger partial charge in [-0.15, -0.1) is 11.6 Å². The van der Waals surface area contributed by atoms with Crippen LogP contribution in [0.5, 0.6) is 0 Å². The minimum atomic E-state index is -4.36. The number of halogens is 5. The van der Waals surface area contributed by atoms with Crippen LogP contribution >= 0.6 is 23.2 Å². The van der Waals surface area contributed by atoms with E-state index in [0.717, 1.165) is 12.1 Å². The van der Waals surface area contributed by atoms with E-state index in [9.17, 15) is 13.2 Å². The molecule has 0 N–H and O–H groups in total. The van der Waals surface area contributed by atoms with Crippen LogP contribution in [-0.4, -0.2) is 5.88 Å². The molecular weight excluding hydrogens is 248 g/mol. The Morgan fingerprint density at radius 3 is 2.40 bits per heavy atom. The lowest BCUT2D eigenvalue weighted by Gasteiger charge is -2.07. The Balaban J connectivity index is 3.04. The first-order valence-corrected chi connectivity index (χ1v) is 4.95. The first kappa shape index (κ1) is 12.4. The molecule has 15 heavy (non-hydrogen) atoms. The fourth-order valence-corrected chi connectivity index (χ4v) is 1.34. The summed E-state index contributed by atoms with van der Waals surface area (Å²) in [6.45, 7) is 0. The molecule has 0 heterocycles. The largest absolute Gasteiger partial charge is 0.416 e. The van der Waals surface area contributed by atoms with Crippen LogP contribution in [-0.2, 0) is 6.18 Å². The Bertz CT molecular complexity index is 369. The average molecular weight is 255 g/mol. The summed E-state index contributed by atoms with van der Waals surface area (Å²) in [5.74, 6) is 0.289. The molecule has 82 valence electrons. The van der Waals surface area contributed by atoms with Crippen LogP contribution in [0.4, 0.5) is 13.2 Å². The lowest BCUT2D eigenvalue weighted by molar-refractivity contribution is -0.137. The van der Waals surface area contributed by atoms with Crippen molar-refractivity contribution in [1.29, 1.82) is 0 Å². The molecule has 0 aliphatic heterocycles. The topological polar surface area (TPSA) is 0 Å². The molecule has 0 spiro atoms. The molecule has 0 saturated carbocycles. The van der Waals surface area contributed by atoms with Gasteiger partial charge in [-0.1, -0.05) is 29.8 Å². The summed E-state index contributed by atoms with van der Waals surface area (Å²) in [6, 6.07) is 3.20. The lowest BCUT2D eigenvalue weighted by Crippen LogP contribution is -2.04. The van der Waals surface area contributed by atoms with Gasteiger partial charge in [0.2, 0.25) is 0 Å². The SMILES string of the molecule is FC(F)(F)c1ccc(C=CCCl)c(Cl)c1. The lowest BCUT2D eigenvalue weighted by atomic mass is 10.1. The van der Waals surface area contributed by atoms with Gasteiger partial charge in [-0.05, 0) is 17.7 Å². The summed E-state index contributed by atoms with van der Waals surface area (Å²) < 4.78 is 36.8. The molecule has 0 amide bonds. The first-order chi connectivity index (χ1) is 6.95.